The molecule has 0 radical (unpaired) electrons. The van der Waals surface area contributed by atoms with Crippen molar-refractivity contribution in [1.29, 1.82) is 0 Å². The molecule has 1 amide bonds. The van der Waals surface area contributed by atoms with Gasteiger partial charge in [-0.1, -0.05) is 19.4 Å². The molecule has 6 heteroatoms. The van der Waals surface area contributed by atoms with Gasteiger partial charge in [-0.05, 0) is 30.5 Å². The normalized spacial score (nSPS) is 10.6. The second-order valence-electron chi connectivity index (χ2n) is 4.83. The number of amides is 1. The number of anilines is 1. The molecule has 2 aromatic rings. The lowest BCUT2D eigenvalue weighted by molar-refractivity contribution is -0.116. The van der Waals surface area contributed by atoms with Crippen LogP contribution < -0.4 is 5.32 Å². The molecule has 112 valence electrons. The number of carbonyl (C=O) groups is 1. The van der Waals surface area contributed by atoms with Crippen LogP contribution in [0.5, 0.6) is 0 Å². The summed E-state index contributed by atoms with van der Waals surface area (Å²) in [5, 5.41) is 9.50. The smallest absolute Gasteiger partial charge is 0.225 e. The number of halogens is 2. The molecule has 4 nitrogen and oxygen atoms in total. The van der Waals surface area contributed by atoms with Crippen molar-refractivity contribution in [2.45, 2.75) is 32.6 Å². The van der Waals surface area contributed by atoms with Crippen LogP contribution in [0.4, 0.5) is 14.6 Å². The molecule has 0 spiro atoms. The van der Waals surface area contributed by atoms with Crippen LogP contribution >= 0.6 is 0 Å². The number of benzene rings is 1. The van der Waals surface area contributed by atoms with Gasteiger partial charge in [-0.15, -0.1) is 0 Å². The van der Waals surface area contributed by atoms with E-state index in [4.69, 9.17) is 0 Å². The Balaban J connectivity index is 1.85. The molecular weight excluding hydrogens is 276 g/mol. The third kappa shape index (κ3) is 4.37. The summed E-state index contributed by atoms with van der Waals surface area (Å²) in [6, 6.07) is 5.43. The van der Waals surface area contributed by atoms with E-state index in [0.29, 0.717) is 17.8 Å². The van der Waals surface area contributed by atoms with E-state index in [1.807, 2.05) is 0 Å². The zero-order valence-electron chi connectivity index (χ0n) is 11.7. The van der Waals surface area contributed by atoms with Gasteiger partial charge in [0.05, 0.1) is 0 Å². The monoisotopic (exact) mass is 293 g/mol. The molecule has 0 saturated heterocycles. The summed E-state index contributed by atoms with van der Waals surface area (Å²) in [7, 11) is 0. The first-order chi connectivity index (χ1) is 10.1. The Labute approximate surface area is 121 Å². The predicted octanol–water partition coefficient (Wildman–Crippen LogP) is 3.21. The Morgan fingerprint density at radius 1 is 1.24 bits per heavy atom. The van der Waals surface area contributed by atoms with Crippen LogP contribution in [0.25, 0.3) is 0 Å². The average Bonchev–Trinajstić information content (AvgIpc) is 2.88. The summed E-state index contributed by atoms with van der Waals surface area (Å²) >= 11 is 0. The highest BCUT2D eigenvalue weighted by atomic mass is 19.2. The number of nitrogens with one attached hydrogen (secondary N) is 2. The lowest BCUT2D eigenvalue weighted by Gasteiger charge is -2.03. The molecule has 1 aromatic heterocycles. The third-order valence-electron chi connectivity index (χ3n) is 3.04. The van der Waals surface area contributed by atoms with E-state index < -0.39 is 11.6 Å². The fourth-order valence-electron chi connectivity index (χ4n) is 1.98. The summed E-state index contributed by atoms with van der Waals surface area (Å²) < 4.78 is 25.8. The van der Waals surface area contributed by atoms with Crippen molar-refractivity contribution in [2.75, 3.05) is 5.32 Å². The standard InChI is InChI=1S/C15H17F2N3O/c1-2-3-11-9-14(20-19-11)18-15(21)7-5-10-4-6-12(16)13(17)8-10/h4,6,8-9H,2-3,5,7H2,1H3,(H2,18,19,20,21). The van der Waals surface area contributed by atoms with E-state index in [1.165, 1.54) is 6.07 Å². The summed E-state index contributed by atoms with van der Waals surface area (Å²) in [5.41, 5.74) is 1.55. The van der Waals surface area contributed by atoms with Gasteiger partial charge in [0.2, 0.25) is 5.91 Å². The molecule has 2 N–H and O–H groups in total. The zero-order valence-corrected chi connectivity index (χ0v) is 11.7. The first-order valence-corrected chi connectivity index (χ1v) is 6.86. The van der Waals surface area contributed by atoms with E-state index >= 15 is 0 Å². The van der Waals surface area contributed by atoms with Crippen LogP contribution in [-0.2, 0) is 17.6 Å². The van der Waals surface area contributed by atoms with Crippen LogP contribution in [0.2, 0.25) is 0 Å². The van der Waals surface area contributed by atoms with Crippen LogP contribution in [0.1, 0.15) is 31.0 Å². The molecule has 1 heterocycles. The summed E-state index contributed by atoms with van der Waals surface area (Å²) in [4.78, 5) is 11.8. The van der Waals surface area contributed by atoms with Crippen molar-refractivity contribution in [1.82, 2.24) is 10.2 Å². The number of aromatic nitrogens is 2. The average molecular weight is 293 g/mol. The highest BCUT2D eigenvalue weighted by molar-refractivity contribution is 5.89. The number of carbonyl (C=O) groups excluding carboxylic acids is 1. The maximum absolute atomic E-state index is 13.0. The van der Waals surface area contributed by atoms with E-state index in [-0.39, 0.29) is 12.3 Å². The molecule has 0 aliphatic carbocycles. The van der Waals surface area contributed by atoms with Crippen molar-refractivity contribution in [3.8, 4) is 0 Å². The van der Waals surface area contributed by atoms with Gasteiger partial charge in [0.25, 0.3) is 0 Å². The van der Waals surface area contributed by atoms with Crippen molar-refractivity contribution in [3.63, 3.8) is 0 Å². The molecule has 0 saturated carbocycles. The van der Waals surface area contributed by atoms with Gasteiger partial charge in [0.1, 0.15) is 0 Å². The molecule has 21 heavy (non-hydrogen) atoms. The molecular formula is C15H17F2N3O. The van der Waals surface area contributed by atoms with Gasteiger partial charge in [0.15, 0.2) is 17.5 Å². The number of hydrogen-bond donors (Lipinski definition) is 2. The highest BCUT2D eigenvalue weighted by Crippen LogP contribution is 2.12. The van der Waals surface area contributed by atoms with Crippen molar-refractivity contribution >= 4 is 11.7 Å². The number of H-pyrrole nitrogens is 1. The quantitative estimate of drug-likeness (QED) is 0.859. The van der Waals surface area contributed by atoms with E-state index in [9.17, 15) is 13.6 Å². The number of aryl methyl sites for hydroxylation is 2. The zero-order chi connectivity index (χ0) is 15.2. The van der Waals surface area contributed by atoms with Gasteiger partial charge >= 0.3 is 0 Å². The fourth-order valence-corrected chi connectivity index (χ4v) is 1.98. The van der Waals surface area contributed by atoms with Crippen LogP contribution in [0.15, 0.2) is 24.3 Å². The van der Waals surface area contributed by atoms with Gasteiger partial charge < -0.3 is 5.32 Å². The summed E-state index contributed by atoms with van der Waals surface area (Å²) in [5.74, 6) is -1.52. The minimum atomic E-state index is -0.899. The van der Waals surface area contributed by atoms with Gasteiger partial charge in [0, 0.05) is 18.2 Å². The van der Waals surface area contributed by atoms with Gasteiger partial charge in [-0.3, -0.25) is 9.89 Å². The second kappa shape index (κ2) is 6.97. The first-order valence-electron chi connectivity index (χ1n) is 6.86. The maximum Gasteiger partial charge on any atom is 0.225 e. The van der Waals surface area contributed by atoms with E-state index in [0.717, 1.165) is 30.7 Å². The molecule has 0 bridgehead atoms. The third-order valence-corrected chi connectivity index (χ3v) is 3.04. The molecule has 0 unspecified atom stereocenters. The molecule has 1 aromatic carbocycles. The Bertz CT molecular complexity index is 625. The fraction of sp³-hybridized carbons (Fsp3) is 0.333. The second-order valence-corrected chi connectivity index (χ2v) is 4.83. The van der Waals surface area contributed by atoms with Gasteiger partial charge in [-0.25, -0.2) is 8.78 Å². The Hall–Kier alpha value is -2.24. The molecule has 0 atom stereocenters. The Kier molecular flexibility index (Phi) is 5.03. The van der Waals surface area contributed by atoms with Crippen LogP contribution in [0, 0.1) is 11.6 Å². The largest absolute Gasteiger partial charge is 0.309 e. The molecule has 0 aliphatic rings. The molecule has 0 aliphatic heterocycles. The molecule has 0 fully saturated rings. The van der Waals surface area contributed by atoms with Crippen molar-refractivity contribution in [3.05, 3.63) is 47.2 Å². The number of hydrogen-bond acceptors (Lipinski definition) is 2. The highest BCUT2D eigenvalue weighted by Gasteiger charge is 2.08. The lowest BCUT2D eigenvalue weighted by atomic mass is 10.1. The topological polar surface area (TPSA) is 57.8 Å². The van der Waals surface area contributed by atoms with Crippen LogP contribution in [-0.4, -0.2) is 16.1 Å². The number of rotatable bonds is 6. The van der Waals surface area contributed by atoms with Gasteiger partial charge in [-0.2, -0.15) is 5.10 Å². The Morgan fingerprint density at radius 2 is 2.05 bits per heavy atom. The van der Waals surface area contributed by atoms with Crippen molar-refractivity contribution < 1.29 is 13.6 Å². The minimum Gasteiger partial charge on any atom is -0.309 e. The predicted molar refractivity (Wildman–Crippen MR) is 75.9 cm³/mol. The number of aromatic amines is 1. The van der Waals surface area contributed by atoms with Crippen molar-refractivity contribution in [2.24, 2.45) is 0 Å². The summed E-state index contributed by atoms with van der Waals surface area (Å²) in [6.07, 6.45) is 2.39. The Morgan fingerprint density at radius 3 is 2.76 bits per heavy atom. The lowest BCUT2D eigenvalue weighted by Crippen LogP contribution is -2.12. The van der Waals surface area contributed by atoms with E-state index in [2.05, 4.69) is 22.4 Å². The van der Waals surface area contributed by atoms with E-state index in [1.54, 1.807) is 6.07 Å². The maximum atomic E-state index is 13.0. The molecule has 2 rings (SSSR count). The first kappa shape index (κ1) is 15.2. The SMILES string of the molecule is CCCc1cc(NC(=O)CCc2ccc(F)c(F)c2)n[nH]1. The van der Waals surface area contributed by atoms with Crippen LogP contribution in [0.3, 0.4) is 0 Å². The number of nitrogens with zero attached hydrogens (tertiary/aromatic N) is 1. The minimum absolute atomic E-state index is 0.182. The summed E-state index contributed by atoms with van der Waals surface area (Å²) in [6.45, 7) is 2.06.